The molecule has 4 heteroatoms. The molecular formula is C11H22BrNO2. The van der Waals surface area contributed by atoms with Crippen LogP contribution < -0.4 is 5.32 Å². The van der Waals surface area contributed by atoms with Gasteiger partial charge in [0.25, 0.3) is 0 Å². The van der Waals surface area contributed by atoms with E-state index in [4.69, 9.17) is 4.74 Å². The molecule has 1 N–H and O–H groups in total. The molecule has 0 spiro atoms. The Morgan fingerprint density at radius 2 is 2.07 bits per heavy atom. The van der Waals surface area contributed by atoms with Crippen LogP contribution in [0.15, 0.2) is 0 Å². The molecule has 15 heavy (non-hydrogen) atoms. The van der Waals surface area contributed by atoms with E-state index in [-0.39, 0.29) is 16.5 Å². The summed E-state index contributed by atoms with van der Waals surface area (Å²) in [5, 5.41) is 2.75. The fourth-order valence-corrected chi connectivity index (χ4v) is 1.47. The largest absolute Gasteiger partial charge is 0.448 e. The van der Waals surface area contributed by atoms with Crippen LogP contribution in [0.5, 0.6) is 0 Å². The minimum Gasteiger partial charge on any atom is -0.448 e. The number of hydrogen-bond donors (Lipinski definition) is 1. The molecule has 0 saturated heterocycles. The topological polar surface area (TPSA) is 38.3 Å². The molecule has 1 amide bonds. The Kier molecular flexibility index (Phi) is 6.98. The summed E-state index contributed by atoms with van der Waals surface area (Å²) in [5.74, 6) is 0. The van der Waals surface area contributed by atoms with Gasteiger partial charge >= 0.3 is 6.09 Å². The average molecular weight is 280 g/mol. The molecule has 90 valence electrons. The second-order valence-corrected chi connectivity index (χ2v) is 6.01. The van der Waals surface area contributed by atoms with Gasteiger partial charge in [-0.15, -0.1) is 0 Å². The van der Waals surface area contributed by atoms with E-state index in [1.54, 1.807) is 0 Å². The van der Waals surface area contributed by atoms with Crippen molar-refractivity contribution in [2.24, 2.45) is 0 Å². The van der Waals surface area contributed by atoms with Crippen LogP contribution in [-0.4, -0.2) is 23.1 Å². The van der Waals surface area contributed by atoms with Gasteiger partial charge in [-0.2, -0.15) is 0 Å². The number of nitrogens with one attached hydrogen (secondary N) is 1. The van der Waals surface area contributed by atoms with Gasteiger partial charge in [-0.05, 0) is 27.2 Å². The zero-order valence-corrected chi connectivity index (χ0v) is 11.7. The Hall–Kier alpha value is -0.250. The lowest BCUT2D eigenvalue weighted by Gasteiger charge is -2.20. The summed E-state index contributed by atoms with van der Waals surface area (Å²) in [6, 6.07) is 0. The van der Waals surface area contributed by atoms with Crippen LogP contribution >= 0.6 is 15.9 Å². The molecule has 0 heterocycles. The molecule has 3 nitrogen and oxygen atoms in total. The molecule has 0 bridgehead atoms. The van der Waals surface area contributed by atoms with Crippen molar-refractivity contribution in [2.45, 2.75) is 57.3 Å². The fraction of sp³-hybridized carbons (Fsp3) is 0.909. The highest BCUT2D eigenvalue weighted by Crippen LogP contribution is 2.10. The molecule has 0 radical (unpaired) electrons. The van der Waals surface area contributed by atoms with Gasteiger partial charge in [-0.1, -0.05) is 35.7 Å². The number of ether oxygens (including phenoxy) is 1. The van der Waals surface area contributed by atoms with E-state index in [0.29, 0.717) is 6.61 Å². The standard InChI is InChI=1S/C11H22BrNO2/c1-5-6-7-9(12)8-15-10(14)13-11(2,3)4/h9H,5-8H2,1-4H3,(H,13,14). The van der Waals surface area contributed by atoms with Crippen LogP contribution in [0.2, 0.25) is 0 Å². The lowest BCUT2D eigenvalue weighted by Crippen LogP contribution is -2.41. The van der Waals surface area contributed by atoms with Gasteiger partial charge in [-0.3, -0.25) is 0 Å². The van der Waals surface area contributed by atoms with Gasteiger partial charge in [0.2, 0.25) is 0 Å². The van der Waals surface area contributed by atoms with Crippen molar-refractivity contribution in [3.63, 3.8) is 0 Å². The smallest absolute Gasteiger partial charge is 0.407 e. The number of hydrogen-bond acceptors (Lipinski definition) is 2. The van der Waals surface area contributed by atoms with E-state index in [1.165, 1.54) is 0 Å². The van der Waals surface area contributed by atoms with Crippen molar-refractivity contribution in [1.29, 1.82) is 0 Å². The van der Waals surface area contributed by atoms with E-state index >= 15 is 0 Å². The molecular weight excluding hydrogens is 258 g/mol. The number of alkyl halides is 1. The summed E-state index contributed by atoms with van der Waals surface area (Å²) in [6.07, 6.45) is 3.01. The van der Waals surface area contributed by atoms with Crippen LogP contribution in [0, 0.1) is 0 Å². The molecule has 0 aromatic heterocycles. The molecule has 0 fully saturated rings. The number of carbonyl (C=O) groups is 1. The van der Waals surface area contributed by atoms with Crippen molar-refractivity contribution in [3.05, 3.63) is 0 Å². The van der Waals surface area contributed by atoms with Crippen LogP contribution in [0.25, 0.3) is 0 Å². The van der Waals surface area contributed by atoms with Crippen molar-refractivity contribution < 1.29 is 9.53 Å². The summed E-state index contributed by atoms with van der Waals surface area (Å²) >= 11 is 3.48. The van der Waals surface area contributed by atoms with E-state index in [1.807, 2.05) is 20.8 Å². The van der Waals surface area contributed by atoms with E-state index in [2.05, 4.69) is 28.2 Å². The van der Waals surface area contributed by atoms with E-state index in [9.17, 15) is 4.79 Å². The molecule has 1 atom stereocenters. The number of rotatable bonds is 5. The normalized spacial score (nSPS) is 13.4. The summed E-state index contributed by atoms with van der Waals surface area (Å²) in [4.78, 5) is 11.5. The first-order valence-electron chi connectivity index (χ1n) is 5.44. The quantitative estimate of drug-likeness (QED) is 0.783. The van der Waals surface area contributed by atoms with E-state index in [0.717, 1.165) is 19.3 Å². The first kappa shape index (κ1) is 14.8. The zero-order valence-electron chi connectivity index (χ0n) is 10.1. The predicted molar refractivity (Wildman–Crippen MR) is 66.5 cm³/mol. The van der Waals surface area contributed by atoms with Crippen LogP contribution in [0.1, 0.15) is 47.0 Å². The molecule has 1 unspecified atom stereocenters. The number of halogens is 1. The predicted octanol–water partition coefficient (Wildman–Crippen LogP) is 3.46. The number of unbranched alkanes of at least 4 members (excludes halogenated alkanes) is 1. The molecule has 0 aromatic carbocycles. The minimum atomic E-state index is -0.344. The van der Waals surface area contributed by atoms with Crippen LogP contribution in [0.4, 0.5) is 4.79 Å². The second-order valence-electron chi connectivity index (χ2n) is 4.71. The first-order valence-corrected chi connectivity index (χ1v) is 6.35. The third kappa shape index (κ3) is 10.0. The maximum Gasteiger partial charge on any atom is 0.407 e. The minimum absolute atomic E-state index is 0.234. The second kappa shape index (κ2) is 7.09. The zero-order chi connectivity index (χ0) is 11.9. The lowest BCUT2D eigenvalue weighted by molar-refractivity contribution is 0.137. The van der Waals surface area contributed by atoms with Gasteiger partial charge < -0.3 is 10.1 Å². The first-order chi connectivity index (χ1) is 6.85. The third-order valence-corrected chi connectivity index (χ3v) is 2.47. The van der Waals surface area contributed by atoms with Crippen LogP contribution in [0.3, 0.4) is 0 Å². The summed E-state index contributed by atoms with van der Waals surface area (Å²) in [5.41, 5.74) is -0.234. The highest BCUT2D eigenvalue weighted by molar-refractivity contribution is 9.09. The van der Waals surface area contributed by atoms with Gasteiger partial charge in [0.15, 0.2) is 0 Å². The van der Waals surface area contributed by atoms with E-state index < -0.39 is 0 Å². The Morgan fingerprint density at radius 3 is 2.53 bits per heavy atom. The van der Waals surface area contributed by atoms with Crippen molar-refractivity contribution in [1.82, 2.24) is 5.32 Å². The van der Waals surface area contributed by atoms with Gasteiger partial charge in [0, 0.05) is 10.4 Å². The molecule has 0 rings (SSSR count). The molecule has 0 saturated carbocycles. The summed E-state index contributed by atoms with van der Waals surface area (Å²) < 4.78 is 5.08. The van der Waals surface area contributed by atoms with Gasteiger partial charge in [0.1, 0.15) is 6.61 Å². The molecule has 0 aromatic rings. The Labute approximate surface area is 101 Å². The molecule has 0 aliphatic rings. The van der Waals surface area contributed by atoms with Gasteiger partial charge in [0.05, 0.1) is 0 Å². The SMILES string of the molecule is CCCCC(Br)COC(=O)NC(C)(C)C. The van der Waals surface area contributed by atoms with Crippen LogP contribution in [-0.2, 0) is 4.74 Å². The number of amides is 1. The molecule has 0 aliphatic heterocycles. The fourth-order valence-electron chi connectivity index (χ4n) is 1.02. The molecule has 0 aliphatic carbocycles. The maximum absolute atomic E-state index is 11.3. The average Bonchev–Trinajstić information content (AvgIpc) is 2.08. The maximum atomic E-state index is 11.3. The van der Waals surface area contributed by atoms with Gasteiger partial charge in [-0.25, -0.2) is 4.79 Å². The number of alkyl carbamates (subject to hydrolysis) is 1. The van der Waals surface area contributed by atoms with Crippen molar-refractivity contribution in [2.75, 3.05) is 6.61 Å². The monoisotopic (exact) mass is 279 g/mol. The summed E-state index contributed by atoms with van der Waals surface area (Å²) in [6.45, 7) is 8.36. The summed E-state index contributed by atoms with van der Waals surface area (Å²) in [7, 11) is 0. The highest BCUT2D eigenvalue weighted by Gasteiger charge is 2.15. The lowest BCUT2D eigenvalue weighted by atomic mass is 10.1. The Bertz CT molecular complexity index is 190. The van der Waals surface area contributed by atoms with Crippen molar-refractivity contribution in [3.8, 4) is 0 Å². The van der Waals surface area contributed by atoms with Crippen molar-refractivity contribution >= 4 is 22.0 Å². The highest BCUT2D eigenvalue weighted by atomic mass is 79.9. The Balaban J connectivity index is 3.62. The third-order valence-electron chi connectivity index (χ3n) is 1.74. The Morgan fingerprint density at radius 1 is 1.47 bits per heavy atom. The number of carbonyl (C=O) groups excluding carboxylic acids is 1.